The summed E-state index contributed by atoms with van der Waals surface area (Å²) in [6.07, 6.45) is 4.79. The molecule has 0 radical (unpaired) electrons. The summed E-state index contributed by atoms with van der Waals surface area (Å²) in [5, 5.41) is 9.10. The van der Waals surface area contributed by atoms with Crippen molar-refractivity contribution in [2.45, 2.75) is 6.92 Å². The highest BCUT2D eigenvalue weighted by Crippen LogP contribution is 2.26. The third kappa shape index (κ3) is 3.18. The van der Waals surface area contributed by atoms with Crippen molar-refractivity contribution in [2.24, 2.45) is 0 Å². The van der Waals surface area contributed by atoms with Crippen LogP contribution in [0.25, 0.3) is 17.1 Å². The quantitative estimate of drug-likeness (QED) is 0.741. The molecule has 0 fully saturated rings. The lowest BCUT2D eigenvalue weighted by atomic mass is 10.1. The van der Waals surface area contributed by atoms with E-state index in [1.165, 1.54) is 10.6 Å². The topological polar surface area (TPSA) is 90.1 Å². The van der Waals surface area contributed by atoms with E-state index >= 15 is 0 Å². The first kappa shape index (κ1) is 17.7. The molecule has 0 atom stereocenters. The van der Waals surface area contributed by atoms with E-state index in [9.17, 15) is 9.59 Å². The number of nitrogens with zero attached hydrogens (tertiary/aromatic N) is 2. The van der Waals surface area contributed by atoms with Crippen molar-refractivity contribution in [3.05, 3.63) is 56.4 Å². The predicted octanol–water partition coefficient (Wildman–Crippen LogP) is 2.95. The Hall–Kier alpha value is -3.13. The molecule has 3 rings (SSSR count). The summed E-state index contributed by atoms with van der Waals surface area (Å²) >= 11 is 0.954. The Morgan fingerprint density at radius 1 is 1.27 bits per heavy atom. The summed E-state index contributed by atoms with van der Waals surface area (Å²) in [6.45, 7) is 1.66. The Morgan fingerprint density at radius 3 is 2.69 bits per heavy atom. The molecule has 0 aliphatic carbocycles. The molecule has 0 amide bonds. The fourth-order valence-electron chi connectivity index (χ4n) is 2.43. The second kappa shape index (κ2) is 7.01. The van der Waals surface area contributed by atoms with E-state index < -0.39 is 5.97 Å². The molecular weight excluding hydrogens is 356 g/mol. The van der Waals surface area contributed by atoms with E-state index in [0.29, 0.717) is 27.7 Å². The number of aromatic carboxylic acids is 1. The van der Waals surface area contributed by atoms with Gasteiger partial charge in [-0.25, -0.2) is 9.78 Å². The van der Waals surface area contributed by atoms with Gasteiger partial charge in [-0.2, -0.15) is 0 Å². The molecule has 0 spiro atoms. The molecule has 2 aromatic heterocycles. The van der Waals surface area contributed by atoms with E-state index in [0.717, 1.165) is 16.9 Å². The van der Waals surface area contributed by atoms with Crippen LogP contribution in [0, 0.1) is 6.92 Å². The molecule has 1 aromatic carbocycles. The highest BCUT2D eigenvalue weighted by Gasteiger charge is 2.14. The van der Waals surface area contributed by atoms with Gasteiger partial charge in [0, 0.05) is 23.4 Å². The standard InChI is InChI=1S/C18H16N2O5S/c1-10-13(7-5-11-4-6-12(24-2)8-14(11)25-3)19-18-20(16(10)21)9-15(26-18)17(22)23/h4-9H,1-3H3,(H,22,23)/b7-5+. The molecule has 0 bridgehead atoms. The van der Waals surface area contributed by atoms with Crippen molar-refractivity contribution in [1.29, 1.82) is 0 Å². The molecule has 0 saturated carbocycles. The highest BCUT2D eigenvalue weighted by atomic mass is 32.1. The molecule has 8 heteroatoms. The van der Waals surface area contributed by atoms with Gasteiger partial charge in [0.25, 0.3) is 5.56 Å². The number of carboxylic acids is 1. The van der Waals surface area contributed by atoms with Crippen molar-refractivity contribution in [3.8, 4) is 11.5 Å². The van der Waals surface area contributed by atoms with E-state index in [1.807, 2.05) is 6.07 Å². The third-order valence-electron chi connectivity index (χ3n) is 3.87. The Kier molecular flexibility index (Phi) is 4.77. The zero-order valence-corrected chi connectivity index (χ0v) is 15.2. The number of ether oxygens (including phenoxy) is 2. The largest absolute Gasteiger partial charge is 0.497 e. The number of methoxy groups -OCH3 is 2. The molecule has 0 saturated heterocycles. The first-order chi connectivity index (χ1) is 12.4. The van der Waals surface area contributed by atoms with Gasteiger partial charge in [-0.1, -0.05) is 11.3 Å². The maximum Gasteiger partial charge on any atom is 0.347 e. The number of aromatic nitrogens is 2. The minimum atomic E-state index is -1.09. The second-order valence-corrected chi connectivity index (χ2v) is 6.43. The Bertz CT molecular complexity index is 1080. The van der Waals surface area contributed by atoms with Gasteiger partial charge < -0.3 is 14.6 Å². The van der Waals surface area contributed by atoms with Crippen LogP contribution < -0.4 is 15.0 Å². The summed E-state index contributed by atoms with van der Waals surface area (Å²) in [7, 11) is 3.14. The van der Waals surface area contributed by atoms with E-state index in [1.54, 1.807) is 45.4 Å². The first-order valence-corrected chi connectivity index (χ1v) is 8.42. The normalized spacial score (nSPS) is 11.2. The van der Waals surface area contributed by atoms with Crippen LogP contribution in [0.1, 0.15) is 26.5 Å². The SMILES string of the molecule is COc1ccc(/C=C/c2nc3sc(C(=O)O)cn3c(=O)c2C)c(OC)c1. The number of carbonyl (C=O) groups is 1. The number of rotatable bonds is 5. The van der Waals surface area contributed by atoms with E-state index in [-0.39, 0.29) is 10.4 Å². The van der Waals surface area contributed by atoms with Gasteiger partial charge in [0.15, 0.2) is 4.96 Å². The lowest BCUT2D eigenvalue weighted by Gasteiger charge is -2.07. The van der Waals surface area contributed by atoms with Crippen LogP contribution in [-0.2, 0) is 0 Å². The molecule has 1 N–H and O–H groups in total. The smallest absolute Gasteiger partial charge is 0.347 e. The summed E-state index contributed by atoms with van der Waals surface area (Å²) in [4.78, 5) is 28.4. The van der Waals surface area contributed by atoms with Crippen LogP contribution in [-0.4, -0.2) is 34.7 Å². The number of fused-ring (bicyclic) bond motifs is 1. The second-order valence-electron chi connectivity index (χ2n) is 5.42. The van der Waals surface area contributed by atoms with Crippen LogP contribution in [0.5, 0.6) is 11.5 Å². The van der Waals surface area contributed by atoms with Crippen molar-refractivity contribution in [1.82, 2.24) is 9.38 Å². The molecule has 7 nitrogen and oxygen atoms in total. The van der Waals surface area contributed by atoms with Crippen LogP contribution in [0.2, 0.25) is 0 Å². The zero-order chi connectivity index (χ0) is 18.8. The fourth-order valence-corrected chi connectivity index (χ4v) is 3.25. The Morgan fingerprint density at radius 2 is 2.04 bits per heavy atom. The van der Waals surface area contributed by atoms with Crippen LogP contribution in [0.3, 0.4) is 0 Å². The predicted molar refractivity (Wildman–Crippen MR) is 99.5 cm³/mol. The first-order valence-electron chi connectivity index (χ1n) is 7.60. The number of benzene rings is 1. The average Bonchev–Trinajstić information content (AvgIpc) is 3.08. The van der Waals surface area contributed by atoms with Crippen molar-refractivity contribution >= 4 is 34.4 Å². The molecule has 0 unspecified atom stereocenters. The van der Waals surface area contributed by atoms with Gasteiger partial charge in [0.1, 0.15) is 16.4 Å². The van der Waals surface area contributed by atoms with Crippen LogP contribution >= 0.6 is 11.3 Å². The molecule has 134 valence electrons. The monoisotopic (exact) mass is 372 g/mol. The van der Waals surface area contributed by atoms with Crippen molar-refractivity contribution in [2.75, 3.05) is 14.2 Å². The van der Waals surface area contributed by atoms with Crippen molar-refractivity contribution < 1.29 is 19.4 Å². The zero-order valence-electron chi connectivity index (χ0n) is 14.3. The summed E-state index contributed by atoms with van der Waals surface area (Å²) < 4.78 is 11.8. The average molecular weight is 372 g/mol. The molecule has 26 heavy (non-hydrogen) atoms. The van der Waals surface area contributed by atoms with Crippen molar-refractivity contribution in [3.63, 3.8) is 0 Å². The minimum Gasteiger partial charge on any atom is -0.497 e. The lowest BCUT2D eigenvalue weighted by Crippen LogP contribution is -2.17. The van der Waals surface area contributed by atoms with Gasteiger partial charge in [-0.05, 0) is 31.2 Å². The fraction of sp³-hybridized carbons (Fsp3) is 0.167. The van der Waals surface area contributed by atoms with Gasteiger partial charge in [-0.15, -0.1) is 0 Å². The molecule has 0 aliphatic heterocycles. The molecule has 2 heterocycles. The summed E-state index contributed by atoms with van der Waals surface area (Å²) in [6, 6.07) is 5.40. The Balaban J connectivity index is 2.06. The molecular formula is C18H16N2O5S. The van der Waals surface area contributed by atoms with Gasteiger partial charge >= 0.3 is 5.97 Å². The number of carboxylic acid groups (broad SMARTS) is 1. The van der Waals surface area contributed by atoms with Crippen LogP contribution in [0.4, 0.5) is 0 Å². The molecule has 3 aromatic rings. The number of hydrogen-bond donors (Lipinski definition) is 1. The van der Waals surface area contributed by atoms with E-state index in [4.69, 9.17) is 14.6 Å². The van der Waals surface area contributed by atoms with Crippen LogP contribution in [0.15, 0.2) is 29.2 Å². The summed E-state index contributed by atoms with van der Waals surface area (Å²) in [5.41, 5.74) is 1.42. The van der Waals surface area contributed by atoms with Gasteiger partial charge in [-0.3, -0.25) is 9.20 Å². The maximum absolute atomic E-state index is 12.5. The Labute approximate surface area is 152 Å². The highest BCUT2D eigenvalue weighted by molar-refractivity contribution is 7.18. The summed E-state index contributed by atoms with van der Waals surface area (Å²) in [5.74, 6) is 0.214. The lowest BCUT2D eigenvalue weighted by molar-refractivity contribution is 0.0701. The number of hydrogen-bond acceptors (Lipinski definition) is 6. The van der Waals surface area contributed by atoms with Gasteiger partial charge in [0.05, 0.1) is 19.9 Å². The third-order valence-corrected chi connectivity index (χ3v) is 4.84. The maximum atomic E-state index is 12.5. The molecule has 0 aliphatic rings. The van der Waals surface area contributed by atoms with E-state index in [2.05, 4.69) is 4.98 Å². The van der Waals surface area contributed by atoms with Gasteiger partial charge in [0.2, 0.25) is 0 Å². The minimum absolute atomic E-state index is 0.0620. The number of thiazole rings is 1.